The van der Waals surface area contributed by atoms with Gasteiger partial charge in [-0.15, -0.1) is 0 Å². The summed E-state index contributed by atoms with van der Waals surface area (Å²) in [5.74, 6) is -1.01. The van der Waals surface area contributed by atoms with Crippen LogP contribution >= 0.6 is 11.3 Å². The molecule has 1 N–H and O–H groups in total. The number of aromatic carboxylic acids is 1. The Kier molecular flexibility index (Phi) is 2.85. The van der Waals surface area contributed by atoms with Crippen molar-refractivity contribution in [3.8, 4) is 5.69 Å². The molecule has 0 aromatic carbocycles. The van der Waals surface area contributed by atoms with Crippen LogP contribution in [0, 0.1) is 6.92 Å². The van der Waals surface area contributed by atoms with Gasteiger partial charge in [-0.05, 0) is 30.9 Å². The van der Waals surface area contributed by atoms with Crippen molar-refractivity contribution >= 4 is 22.9 Å². The Balaban J connectivity index is 2.71. The van der Waals surface area contributed by atoms with E-state index in [1.54, 1.807) is 22.9 Å². The third-order valence-electron chi connectivity index (χ3n) is 2.48. The quantitative estimate of drug-likeness (QED) is 0.908. The molecule has 0 saturated heterocycles. The largest absolute Gasteiger partial charge is 0.476 e. The summed E-state index contributed by atoms with van der Waals surface area (Å²) in [5.41, 5.74) is 3.16. The number of allylic oxidation sites excluding steroid dienone is 1. The van der Waals surface area contributed by atoms with Crippen LogP contribution in [0.1, 0.15) is 28.7 Å². The van der Waals surface area contributed by atoms with Crippen LogP contribution in [-0.4, -0.2) is 20.9 Å². The first kappa shape index (κ1) is 11.6. The predicted molar refractivity (Wildman–Crippen MR) is 67.8 cm³/mol. The van der Waals surface area contributed by atoms with Crippen LogP contribution in [0.15, 0.2) is 23.4 Å². The third-order valence-corrected chi connectivity index (χ3v) is 3.15. The summed E-state index contributed by atoms with van der Waals surface area (Å²) in [7, 11) is 0. The Morgan fingerprint density at radius 3 is 2.76 bits per heavy atom. The Bertz CT molecular complexity index is 582. The van der Waals surface area contributed by atoms with Gasteiger partial charge in [0.05, 0.1) is 11.4 Å². The lowest BCUT2D eigenvalue weighted by Crippen LogP contribution is -2.01. The molecule has 0 fully saturated rings. The lowest BCUT2D eigenvalue weighted by Gasteiger charge is -2.05. The molecule has 0 bridgehead atoms. The first-order chi connectivity index (χ1) is 8.02. The molecule has 0 aliphatic rings. The van der Waals surface area contributed by atoms with Gasteiger partial charge in [-0.3, -0.25) is 0 Å². The molecule has 2 rings (SSSR count). The average molecular weight is 248 g/mol. The van der Waals surface area contributed by atoms with E-state index in [0.29, 0.717) is 5.56 Å². The summed E-state index contributed by atoms with van der Waals surface area (Å²) in [4.78, 5) is 11.1. The highest BCUT2D eigenvalue weighted by Gasteiger charge is 2.20. The summed E-state index contributed by atoms with van der Waals surface area (Å²) in [6, 6.07) is 1.90. The Hall–Kier alpha value is -1.88. The number of hydrogen-bond acceptors (Lipinski definition) is 3. The Labute approximate surface area is 103 Å². The van der Waals surface area contributed by atoms with Gasteiger partial charge in [0, 0.05) is 10.9 Å². The number of rotatable bonds is 3. The molecule has 2 heterocycles. The van der Waals surface area contributed by atoms with E-state index in [9.17, 15) is 4.79 Å². The van der Waals surface area contributed by atoms with E-state index in [1.807, 2.05) is 23.8 Å². The van der Waals surface area contributed by atoms with Crippen molar-refractivity contribution in [3.63, 3.8) is 0 Å². The maximum absolute atomic E-state index is 11.1. The number of carbonyl (C=O) groups is 1. The van der Waals surface area contributed by atoms with E-state index in [0.717, 1.165) is 17.0 Å². The fourth-order valence-electron chi connectivity index (χ4n) is 1.76. The summed E-state index contributed by atoms with van der Waals surface area (Å²) in [6.07, 6.45) is 0. The van der Waals surface area contributed by atoms with Gasteiger partial charge in [0.1, 0.15) is 0 Å². The fraction of sp³-hybridized carbons (Fsp3) is 0.167. The zero-order chi connectivity index (χ0) is 12.6. The molecule has 0 spiro atoms. The van der Waals surface area contributed by atoms with Crippen molar-refractivity contribution in [2.24, 2.45) is 0 Å². The van der Waals surface area contributed by atoms with Crippen molar-refractivity contribution in [1.29, 1.82) is 0 Å². The highest BCUT2D eigenvalue weighted by Crippen LogP contribution is 2.24. The van der Waals surface area contributed by atoms with Crippen molar-refractivity contribution in [3.05, 3.63) is 40.4 Å². The first-order valence-electron chi connectivity index (χ1n) is 5.03. The molecule has 0 amide bonds. The van der Waals surface area contributed by atoms with E-state index in [2.05, 4.69) is 11.7 Å². The summed E-state index contributed by atoms with van der Waals surface area (Å²) >= 11 is 1.54. The summed E-state index contributed by atoms with van der Waals surface area (Å²) < 4.78 is 1.64. The van der Waals surface area contributed by atoms with Gasteiger partial charge < -0.3 is 5.11 Å². The summed E-state index contributed by atoms with van der Waals surface area (Å²) in [6.45, 7) is 7.48. The highest BCUT2D eigenvalue weighted by atomic mass is 32.1. The molecule has 0 atom stereocenters. The maximum atomic E-state index is 11.1. The fourth-order valence-corrected chi connectivity index (χ4v) is 2.38. The third kappa shape index (κ3) is 1.89. The molecule has 88 valence electrons. The second kappa shape index (κ2) is 4.18. The molecule has 0 saturated carbocycles. The van der Waals surface area contributed by atoms with Crippen LogP contribution in [-0.2, 0) is 0 Å². The van der Waals surface area contributed by atoms with Crippen LogP contribution in [0.4, 0.5) is 0 Å². The second-order valence-corrected chi connectivity index (χ2v) is 4.58. The predicted octanol–water partition coefficient (Wildman–Crippen LogP) is 2.97. The molecular formula is C12H12N2O2S. The topological polar surface area (TPSA) is 55.1 Å². The number of nitrogens with zero attached hydrogens (tertiary/aromatic N) is 2. The maximum Gasteiger partial charge on any atom is 0.356 e. The SMILES string of the molecule is C=C(C)c1c(C)c(C(=O)O)nn1-c1ccsc1. The minimum absolute atomic E-state index is 0.0780. The van der Waals surface area contributed by atoms with E-state index in [1.165, 1.54) is 0 Å². The van der Waals surface area contributed by atoms with Crippen molar-refractivity contribution in [1.82, 2.24) is 9.78 Å². The molecule has 0 unspecified atom stereocenters. The molecular weight excluding hydrogens is 236 g/mol. The Morgan fingerprint density at radius 1 is 1.59 bits per heavy atom. The van der Waals surface area contributed by atoms with E-state index < -0.39 is 5.97 Å². The van der Waals surface area contributed by atoms with E-state index >= 15 is 0 Å². The number of carboxylic acid groups (broad SMARTS) is 1. The van der Waals surface area contributed by atoms with Crippen LogP contribution in [0.25, 0.3) is 11.3 Å². The zero-order valence-corrected chi connectivity index (χ0v) is 10.4. The van der Waals surface area contributed by atoms with Crippen molar-refractivity contribution in [2.45, 2.75) is 13.8 Å². The van der Waals surface area contributed by atoms with Crippen LogP contribution in [0.5, 0.6) is 0 Å². The van der Waals surface area contributed by atoms with Gasteiger partial charge in [-0.25, -0.2) is 9.48 Å². The average Bonchev–Trinajstić information content (AvgIpc) is 2.82. The molecule has 5 heteroatoms. The molecule has 2 aromatic heterocycles. The number of hydrogen-bond donors (Lipinski definition) is 1. The standard InChI is InChI=1S/C12H12N2O2S/c1-7(2)11-8(3)10(12(15)16)13-14(11)9-4-5-17-6-9/h4-6H,1H2,2-3H3,(H,15,16). The van der Waals surface area contributed by atoms with Gasteiger partial charge in [0.2, 0.25) is 0 Å². The second-order valence-electron chi connectivity index (χ2n) is 3.80. The van der Waals surface area contributed by atoms with Crippen molar-refractivity contribution < 1.29 is 9.90 Å². The minimum Gasteiger partial charge on any atom is -0.476 e. The molecule has 17 heavy (non-hydrogen) atoms. The lowest BCUT2D eigenvalue weighted by atomic mass is 10.1. The van der Waals surface area contributed by atoms with E-state index in [4.69, 9.17) is 5.11 Å². The normalized spacial score (nSPS) is 10.5. The first-order valence-corrected chi connectivity index (χ1v) is 5.98. The van der Waals surface area contributed by atoms with Gasteiger partial charge in [-0.2, -0.15) is 16.4 Å². The van der Waals surface area contributed by atoms with E-state index in [-0.39, 0.29) is 5.69 Å². The Morgan fingerprint density at radius 2 is 2.29 bits per heavy atom. The van der Waals surface area contributed by atoms with Crippen LogP contribution < -0.4 is 0 Å². The molecule has 0 radical (unpaired) electrons. The van der Waals surface area contributed by atoms with Gasteiger partial charge in [-0.1, -0.05) is 6.58 Å². The van der Waals surface area contributed by atoms with Gasteiger partial charge >= 0.3 is 5.97 Å². The zero-order valence-electron chi connectivity index (χ0n) is 9.60. The number of thiophene rings is 1. The summed E-state index contributed by atoms with van der Waals surface area (Å²) in [5, 5.41) is 17.1. The van der Waals surface area contributed by atoms with Crippen LogP contribution in [0.2, 0.25) is 0 Å². The number of carboxylic acids is 1. The molecule has 0 aliphatic carbocycles. The van der Waals surface area contributed by atoms with Crippen LogP contribution in [0.3, 0.4) is 0 Å². The minimum atomic E-state index is -1.01. The lowest BCUT2D eigenvalue weighted by molar-refractivity contribution is 0.0689. The van der Waals surface area contributed by atoms with Gasteiger partial charge in [0.15, 0.2) is 5.69 Å². The molecule has 2 aromatic rings. The molecule has 0 aliphatic heterocycles. The van der Waals surface area contributed by atoms with Crippen molar-refractivity contribution in [2.75, 3.05) is 0 Å². The smallest absolute Gasteiger partial charge is 0.356 e. The molecule has 4 nitrogen and oxygen atoms in total. The number of aromatic nitrogens is 2. The monoisotopic (exact) mass is 248 g/mol. The van der Waals surface area contributed by atoms with Gasteiger partial charge in [0.25, 0.3) is 0 Å². The highest BCUT2D eigenvalue weighted by molar-refractivity contribution is 7.08.